The van der Waals surface area contributed by atoms with Gasteiger partial charge in [-0.15, -0.1) is 5.10 Å². The Bertz CT molecular complexity index is 1350. The van der Waals surface area contributed by atoms with E-state index in [0.717, 1.165) is 0 Å². The Balaban J connectivity index is 1.49. The Labute approximate surface area is 207 Å². The average molecular weight is 492 g/mol. The predicted molar refractivity (Wildman–Crippen MR) is 130 cm³/mol. The number of aliphatic hydroxyl groups is 1. The third-order valence-electron chi connectivity index (χ3n) is 5.35. The monoisotopic (exact) mass is 491 g/mol. The molecule has 1 unspecified atom stereocenters. The Morgan fingerprint density at radius 2 is 2.14 bits per heavy atom. The van der Waals surface area contributed by atoms with Gasteiger partial charge in [0, 0.05) is 18.5 Å². The fourth-order valence-corrected chi connectivity index (χ4v) is 3.67. The molecule has 0 spiro atoms. The molecule has 0 fully saturated rings. The van der Waals surface area contributed by atoms with Crippen molar-refractivity contribution in [2.24, 2.45) is 0 Å². The quantitative estimate of drug-likeness (QED) is 0.471. The van der Waals surface area contributed by atoms with Gasteiger partial charge in [-0.1, -0.05) is 24.0 Å². The molecule has 3 aromatic rings. The van der Waals surface area contributed by atoms with Crippen molar-refractivity contribution in [1.29, 1.82) is 0 Å². The van der Waals surface area contributed by atoms with Gasteiger partial charge in [-0.3, -0.25) is 14.7 Å². The van der Waals surface area contributed by atoms with Crippen LogP contribution < -0.4 is 15.0 Å². The number of fused-ring (bicyclic) bond motifs is 1. The first-order valence-corrected chi connectivity index (χ1v) is 11.4. The molecule has 0 bridgehead atoms. The van der Waals surface area contributed by atoms with Crippen LogP contribution in [0.5, 0.6) is 5.75 Å². The number of H-pyrrole nitrogens is 1. The van der Waals surface area contributed by atoms with Gasteiger partial charge in [0.25, 0.3) is 11.8 Å². The Hall–Kier alpha value is -4.23. The van der Waals surface area contributed by atoms with Crippen molar-refractivity contribution in [2.75, 3.05) is 18.1 Å². The van der Waals surface area contributed by atoms with Crippen molar-refractivity contribution < 1.29 is 23.8 Å². The number of carbonyl (C=O) groups is 2. The predicted octanol–water partition coefficient (Wildman–Crippen LogP) is 2.20. The van der Waals surface area contributed by atoms with Crippen molar-refractivity contribution in [3.05, 3.63) is 71.1 Å². The molecule has 1 aliphatic rings. The van der Waals surface area contributed by atoms with E-state index in [0.29, 0.717) is 34.9 Å². The maximum absolute atomic E-state index is 13.4. The van der Waals surface area contributed by atoms with Gasteiger partial charge in [0.2, 0.25) is 5.82 Å². The molecule has 0 aliphatic carbocycles. The van der Waals surface area contributed by atoms with Gasteiger partial charge in [-0.25, -0.2) is 9.37 Å². The minimum atomic E-state index is -1.16. The Kier molecular flexibility index (Phi) is 7.03. The van der Waals surface area contributed by atoms with Gasteiger partial charge >= 0.3 is 0 Å². The highest BCUT2D eigenvalue weighted by Crippen LogP contribution is 2.32. The number of nitrogens with one attached hydrogen (secondary N) is 2. The van der Waals surface area contributed by atoms with Crippen LogP contribution in [0.3, 0.4) is 0 Å². The molecule has 1 atom stereocenters. The standard InChI is InChI=1S/C26H26FN5O4/c1-4-32-20-13-16(10-11-26(2,3)35)8-9-21(20)36-15-19(25(32)34)28-24(33)23-29-22(30-31-23)14-17-6-5-7-18(27)12-17/h5-9,12-13,19,35H,4,14-15H2,1-3H3,(H,28,33)(H,29,30,31). The van der Waals surface area contributed by atoms with Crippen LogP contribution in [-0.2, 0) is 11.2 Å². The number of likely N-dealkylation sites (N-methyl/N-ethyl adjacent to an activating group) is 1. The maximum Gasteiger partial charge on any atom is 0.291 e. The number of rotatable bonds is 5. The van der Waals surface area contributed by atoms with Crippen LogP contribution in [0.15, 0.2) is 42.5 Å². The highest BCUT2D eigenvalue weighted by atomic mass is 19.1. The minimum Gasteiger partial charge on any atom is -0.489 e. The first kappa shape index (κ1) is 24.9. The third-order valence-corrected chi connectivity index (χ3v) is 5.35. The first-order valence-electron chi connectivity index (χ1n) is 11.4. The fourth-order valence-electron chi connectivity index (χ4n) is 3.67. The molecular formula is C26H26FN5O4. The Morgan fingerprint density at radius 3 is 2.86 bits per heavy atom. The topological polar surface area (TPSA) is 120 Å². The molecule has 2 amide bonds. The molecule has 2 aromatic carbocycles. The van der Waals surface area contributed by atoms with E-state index in [1.165, 1.54) is 17.0 Å². The minimum absolute atomic E-state index is 0.0800. The molecular weight excluding hydrogens is 465 g/mol. The zero-order valence-corrected chi connectivity index (χ0v) is 20.1. The molecule has 9 nitrogen and oxygen atoms in total. The maximum atomic E-state index is 13.4. The highest BCUT2D eigenvalue weighted by Gasteiger charge is 2.33. The van der Waals surface area contributed by atoms with Gasteiger partial charge in [0.1, 0.15) is 35.6 Å². The van der Waals surface area contributed by atoms with Crippen LogP contribution in [0.1, 0.15) is 48.3 Å². The molecule has 0 saturated carbocycles. The molecule has 1 aromatic heterocycles. The summed E-state index contributed by atoms with van der Waals surface area (Å²) in [5.74, 6) is 5.01. The second-order valence-electron chi connectivity index (χ2n) is 8.82. The van der Waals surface area contributed by atoms with Crippen molar-refractivity contribution in [1.82, 2.24) is 20.5 Å². The number of aromatic nitrogens is 3. The Morgan fingerprint density at radius 1 is 1.33 bits per heavy atom. The largest absolute Gasteiger partial charge is 0.489 e. The SMILES string of the molecule is CCN1C(=O)C(NC(=O)c2n[nH]c(Cc3cccc(F)c3)n2)COc2ccc(C#CC(C)(C)O)cc21. The van der Waals surface area contributed by atoms with Crippen LogP contribution in [0.2, 0.25) is 0 Å². The zero-order valence-electron chi connectivity index (χ0n) is 20.1. The molecule has 0 radical (unpaired) electrons. The molecule has 36 heavy (non-hydrogen) atoms. The van der Waals surface area contributed by atoms with Crippen LogP contribution in [0.25, 0.3) is 0 Å². The number of aromatic amines is 1. The normalized spacial score (nSPS) is 15.3. The van der Waals surface area contributed by atoms with Crippen molar-refractivity contribution in [3.63, 3.8) is 0 Å². The third kappa shape index (κ3) is 5.87. The van der Waals surface area contributed by atoms with E-state index in [2.05, 4.69) is 32.3 Å². The van der Waals surface area contributed by atoms with Crippen LogP contribution >= 0.6 is 0 Å². The van der Waals surface area contributed by atoms with Gasteiger partial charge in [0.15, 0.2) is 0 Å². The summed E-state index contributed by atoms with van der Waals surface area (Å²) in [5, 5.41) is 19.1. The number of amides is 2. The lowest BCUT2D eigenvalue weighted by molar-refractivity contribution is -0.120. The smallest absolute Gasteiger partial charge is 0.291 e. The van der Waals surface area contributed by atoms with Crippen LogP contribution in [-0.4, -0.2) is 56.9 Å². The molecule has 10 heteroatoms. The molecule has 4 rings (SSSR count). The lowest BCUT2D eigenvalue weighted by Crippen LogP contribution is -2.50. The second kappa shape index (κ2) is 10.2. The van der Waals surface area contributed by atoms with E-state index in [9.17, 15) is 19.1 Å². The van der Waals surface area contributed by atoms with Crippen molar-refractivity contribution >= 4 is 17.5 Å². The van der Waals surface area contributed by atoms with E-state index in [4.69, 9.17) is 4.74 Å². The summed E-state index contributed by atoms with van der Waals surface area (Å²) in [4.78, 5) is 31.8. The van der Waals surface area contributed by atoms with Gasteiger partial charge in [-0.05, 0) is 56.7 Å². The lowest BCUT2D eigenvalue weighted by Gasteiger charge is -2.23. The number of hydrogen-bond donors (Lipinski definition) is 3. The van der Waals surface area contributed by atoms with Gasteiger partial charge < -0.3 is 20.1 Å². The van der Waals surface area contributed by atoms with E-state index in [1.807, 2.05) is 6.92 Å². The first-order chi connectivity index (χ1) is 17.1. The summed E-state index contributed by atoms with van der Waals surface area (Å²) in [7, 11) is 0. The summed E-state index contributed by atoms with van der Waals surface area (Å²) in [6.45, 7) is 5.24. The van der Waals surface area contributed by atoms with Gasteiger partial charge in [-0.2, -0.15) is 0 Å². The van der Waals surface area contributed by atoms with Crippen LogP contribution in [0, 0.1) is 17.7 Å². The number of ether oxygens (including phenoxy) is 1. The number of nitrogens with zero attached hydrogens (tertiary/aromatic N) is 3. The second-order valence-corrected chi connectivity index (χ2v) is 8.82. The summed E-state index contributed by atoms with van der Waals surface area (Å²) in [6, 6.07) is 10.2. The average Bonchev–Trinajstić information content (AvgIpc) is 3.24. The highest BCUT2D eigenvalue weighted by molar-refractivity contribution is 6.02. The molecule has 0 saturated heterocycles. The number of hydrogen-bond acceptors (Lipinski definition) is 6. The van der Waals surface area contributed by atoms with Crippen molar-refractivity contribution in [3.8, 4) is 17.6 Å². The van der Waals surface area contributed by atoms with Crippen molar-refractivity contribution in [2.45, 2.75) is 38.8 Å². The number of carbonyl (C=O) groups excluding carboxylic acids is 2. The van der Waals surface area contributed by atoms with E-state index in [-0.39, 0.29) is 30.6 Å². The summed E-state index contributed by atoms with van der Waals surface area (Å²) >= 11 is 0. The number of benzene rings is 2. The van der Waals surface area contributed by atoms with Crippen LogP contribution in [0.4, 0.5) is 10.1 Å². The van der Waals surface area contributed by atoms with Gasteiger partial charge in [0.05, 0.1) is 5.69 Å². The number of halogens is 1. The van der Waals surface area contributed by atoms with E-state index >= 15 is 0 Å². The molecule has 2 heterocycles. The molecule has 186 valence electrons. The fraction of sp³-hybridized carbons (Fsp3) is 0.308. The van der Waals surface area contributed by atoms with E-state index in [1.54, 1.807) is 44.2 Å². The lowest BCUT2D eigenvalue weighted by atomic mass is 10.1. The number of anilines is 1. The molecule has 3 N–H and O–H groups in total. The summed E-state index contributed by atoms with van der Waals surface area (Å²) in [6.07, 6.45) is 0.265. The summed E-state index contributed by atoms with van der Waals surface area (Å²) in [5.41, 5.74) is 0.654. The van der Waals surface area contributed by atoms with E-state index < -0.39 is 17.6 Å². The summed E-state index contributed by atoms with van der Waals surface area (Å²) < 4.78 is 19.3. The molecule has 1 aliphatic heterocycles. The zero-order chi connectivity index (χ0) is 25.9.